The van der Waals surface area contributed by atoms with Crippen LogP contribution in [0.25, 0.3) is 0 Å². The van der Waals surface area contributed by atoms with Crippen molar-refractivity contribution in [1.82, 2.24) is 0 Å². The molecule has 0 aromatic heterocycles. The summed E-state index contributed by atoms with van der Waals surface area (Å²) in [4.78, 5) is 51.9. The number of nitrogens with one attached hydrogen (secondary N) is 1. The molecule has 7 heteroatoms. The van der Waals surface area contributed by atoms with Crippen LogP contribution in [0.2, 0.25) is 0 Å². The highest BCUT2D eigenvalue weighted by Crippen LogP contribution is 2.42. The van der Waals surface area contributed by atoms with Gasteiger partial charge in [-0.05, 0) is 74.4 Å². The van der Waals surface area contributed by atoms with Crippen molar-refractivity contribution in [3.8, 4) is 0 Å². The predicted molar refractivity (Wildman–Crippen MR) is 124 cm³/mol. The van der Waals surface area contributed by atoms with Crippen molar-refractivity contribution in [2.24, 2.45) is 17.8 Å². The molecule has 1 saturated heterocycles. The van der Waals surface area contributed by atoms with Crippen LogP contribution < -0.4 is 10.2 Å². The van der Waals surface area contributed by atoms with E-state index in [4.69, 9.17) is 4.74 Å². The first-order chi connectivity index (χ1) is 15.8. The van der Waals surface area contributed by atoms with E-state index in [2.05, 4.69) is 12.2 Å². The average Bonchev–Trinajstić information content (AvgIpc) is 3.04. The zero-order valence-electron chi connectivity index (χ0n) is 19.1. The molecule has 2 aliphatic rings. The standard InChI is InChI=1S/C26H28N2O5/c1-15-10-11-20-21(12-15)25(31)28(24(20)30)19-8-5-7-18(13-19)26(32)33-14-23(29)27-22-9-4-6-16(2)17(22)3/h4-9,13,15,20-21H,10-12,14H2,1-3H3,(H,27,29)/t15-,20+,21-/m0/s1. The van der Waals surface area contributed by atoms with Gasteiger partial charge in [0.05, 0.1) is 23.1 Å². The molecule has 172 valence electrons. The van der Waals surface area contributed by atoms with Gasteiger partial charge in [0, 0.05) is 5.69 Å². The summed E-state index contributed by atoms with van der Waals surface area (Å²) >= 11 is 0. The molecule has 0 spiro atoms. The molecule has 2 fully saturated rings. The molecule has 4 rings (SSSR count). The lowest BCUT2D eigenvalue weighted by Crippen LogP contribution is -2.31. The number of carbonyl (C=O) groups excluding carboxylic acids is 4. The Labute approximate surface area is 193 Å². The van der Waals surface area contributed by atoms with Gasteiger partial charge in [-0.1, -0.05) is 25.1 Å². The Kier molecular flexibility index (Phi) is 6.31. The second kappa shape index (κ2) is 9.17. The van der Waals surface area contributed by atoms with Crippen LogP contribution >= 0.6 is 0 Å². The molecule has 1 N–H and O–H groups in total. The fourth-order valence-corrected chi connectivity index (χ4v) is 4.70. The van der Waals surface area contributed by atoms with E-state index in [1.54, 1.807) is 18.2 Å². The summed E-state index contributed by atoms with van der Waals surface area (Å²) in [6, 6.07) is 11.8. The number of esters is 1. The van der Waals surface area contributed by atoms with Gasteiger partial charge in [0.2, 0.25) is 11.8 Å². The first-order valence-corrected chi connectivity index (χ1v) is 11.3. The van der Waals surface area contributed by atoms with Gasteiger partial charge in [0.1, 0.15) is 0 Å². The first-order valence-electron chi connectivity index (χ1n) is 11.3. The Bertz CT molecular complexity index is 1130. The summed E-state index contributed by atoms with van der Waals surface area (Å²) in [5, 5.41) is 2.74. The van der Waals surface area contributed by atoms with Gasteiger partial charge in [-0.2, -0.15) is 0 Å². The molecule has 3 atom stereocenters. The van der Waals surface area contributed by atoms with Crippen molar-refractivity contribution in [3.05, 3.63) is 59.2 Å². The number of rotatable bonds is 5. The van der Waals surface area contributed by atoms with E-state index >= 15 is 0 Å². The molecule has 1 aliphatic carbocycles. The third-order valence-electron chi connectivity index (χ3n) is 6.74. The molecule has 1 heterocycles. The second-order valence-electron chi connectivity index (χ2n) is 9.07. The molecule has 0 bridgehead atoms. The van der Waals surface area contributed by atoms with Gasteiger partial charge in [-0.25, -0.2) is 4.79 Å². The number of benzene rings is 2. The maximum Gasteiger partial charge on any atom is 0.338 e. The highest BCUT2D eigenvalue weighted by Gasteiger charge is 2.50. The lowest BCUT2D eigenvalue weighted by Gasteiger charge is -2.25. The van der Waals surface area contributed by atoms with E-state index in [0.29, 0.717) is 30.1 Å². The number of imide groups is 1. The Balaban J connectivity index is 1.42. The maximum absolute atomic E-state index is 13.0. The Morgan fingerprint density at radius 1 is 1.03 bits per heavy atom. The largest absolute Gasteiger partial charge is 0.452 e. The third kappa shape index (κ3) is 4.53. The van der Waals surface area contributed by atoms with Crippen LogP contribution in [-0.2, 0) is 19.1 Å². The number of ether oxygens (including phenoxy) is 1. The van der Waals surface area contributed by atoms with Crippen molar-refractivity contribution in [1.29, 1.82) is 0 Å². The van der Waals surface area contributed by atoms with E-state index in [0.717, 1.165) is 17.5 Å². The van der Waals surface area contributed by atoms with Crippen LogP contribution in [0.1, 0.15) is 47.7 Å². The van der Waals surface area contributed by atoms with Gasteiger partial charge in [0.15, 0.2) is 6.61 Å². The Hall–Kier alpha value is -3.48. The number of hydrogen-bond acceptors (Lipinski definition) is 5. The minimum absolute atomic E-state index is 0.177. The lowest BCUT2D eigenvalue weighted by atomic mass is 9.76. The quantitative estimate of drug-likeness (QED) is 0.551. The number of anilines is 2. The van der Waals surface area contributed by atoms with Gasteiger partial charge in [-0.3, -0.25) is 19.3 Å². The zero-order valence-corrected chi connectivity index (χ0v) is 19.1. The van der Waals surface area contributed by atoms with Crippen LogP contribution in [0.3, 0.4) is 0 Å². The highest BCUT2D eigenvalue weighted by molar-refractivity contribution is 6.22. The van der Waals surface area contributed by atoms with Gasteiger partial charge in [-0.15, -0.1) is 0 Å². The summed E-state index contributed by atoms with van der Waals surface area (Å²) < 4.78 is 5.17. The van der Waals surface area contributed by atoms with E-state index < -0.39 is 18.5 Å². The summed E-state index contributed by atoms with van der Waals surface area (Å²) in [7, 11) is 0. The van der Waals surface area contributed by atoms with Crippen molar-refractivity contribution in [2.75, 3.05) is 16.8 Å². The monoisotopic (exact) mass is 448 g/mol. The van der Waals surface area contributed by atoms with E-state index in [-0.39, 0.29) is 29.2 Å². The number of amides is 3. The van der Waals surface area contributed by atoms with Crippen molar-refractivity contribution in [3.63, 3.8) is 0 Å². The Morgan fingerprint density at radius 3 is 2.55 bits per heavy atom. The predicted octanol–water partition coefficient (Wildman–Crippen LogP) is 4.02. The van der Waals surface area contributed by atoms with Crippen LogP contribution in [0.15, 0.2) is 42.5 Å². The molecule has 3 amide bonds. The molecule has 2 aromatic carbocycles. The average molecular weight is 449 g/mol. The van der Waals surface area contributed by atoms with Crippen molar-refractivity contribution < 1.29 is 23.9 Å². The number of hydrogen-bond donors (Lipinski definition) is 1. The molecular formula is C26H28N2O5. The molecule has 1 aliphatic heterocycles. The van der Waals surface area contributed by atoms with Gasteiger partial charge >= 0.3 is 5.97 Å². The lowest BCUT2D eigenvalue weighted by molar-refractivity contribution is -0.122. The van der Waals surface area contributed by atoms with Crippen molar-refractivity contribution in [2.45, 2.75) is 40.0 Å². The van der Waals surface area contributed by atoms with Crippen LogP contribution in [-0.4, -0.2) is 30.3 Å². The molecule has 0 unspecified atom stereocenters. The zero-order chi connectivity index (χ0) is 23.7. The maximum atomic E-state index is 13.0. The number of aryl methyl sites for hydroxylation is 1. The van der Waals surface area contributed by atoms with E-state index in [9.17, 15) is 19.2 Å². The van der Waals surface area contributed by atoms with Gasteiger partial charge < -0.3 is 10.1 Å². The third-order valence-corrected chi connectivity index (χ3v) is 6.74. The molecule has 2 aromatic rings. The molecular weight excluding hydrogens is 420 g/mol. The molecule has 7 nitrogen and oxygen atoms in total. The number of carbonyl (C=O) groups is 4. The second-order valence-corrected chi connectivity index (χ2v) is 9.07. The SMILES string of the molecule is Cc1cccc(NC(=O)COC(=O)c2cccc(N3C(=O)[C@H]4C[C@@H](C)CC[C@H]4C3=O)c2)c1C. The summed E-state index contributed by atoms with van der Waals surface area (Å²) in [5.41, 5.74) is 3.19. The number of nitrogens with zero attached hydrogens (tertiary/aromatic N) is 1. The normalized spacial score (nSPS) is 22.2. The summed E-state index contributed by atoms with van der Waals surface area (Å²) in [5.74, 6) is -1.69. The minimum Gasteiger partial charge on any atom is -0.452 e. The van der Waals surface area contributed by atoms with Crippen molar-refractivity contribution >= 4 is 35.1 Å². The Morgan fingerprint density at radius 2 is 1.76 bits per heavy atom. The fourth-order valence-electron chi connectivity index (χ4n) is 4.70. The molecule has 1 saturated carbocycles. The smallest absolute Gasteiger partial charge is 0.338 e. The van der Waals surface area contributed by atoms with Crippen LogP contribution in [0.5, 0.6) is 0 Å². The van der Waals surface area contributed by atoms with Crippen LogP contribution in [0.4, 0.5) is 11.4 Å². The summed E-state index contributed by atoms with van der Waals surface area (Å²) in [6.45, 7) is 5.51. The van der Waals surface area contributed by atoms with E-state index in [1.165, 1.54) is 17.0 Å². The van der Waals surface area contributed by atoms with Crippen LogP contribution in [0, 0.1) is 31.6 Å². The molecule has 33 heavy (non-hydrogen) atoms. The molecule has 0 radical (unpaired) electrons. The number of fused-ring (bicyclic) bond motifs is 1. The van der Waals surface area contributed by atoms with Gasteiger partial charge in [0.25, 0.3) is 5.91 Å². The fraction of sp³-hybridized carbons (Fsp3) is 0.385. The first kappa shape index (κ1) is 22.7. The highest BCUT2D eigenvalue weighted by atomic mass is 16.5. The summed E-state index contributed by atoms with van der Waals surface area (Å²) in [6.07, 6.45) is 2.36. The minimum atomic E-state index is -0.696. The van der Waals surface area contributed by atoms with E-state index in [1.807, 2.05) is 26.0 Å². The topological polar surface area (TPSA) is 92.8 Å².